The Kier molecular flexibility index (Phi) is 4.27. The molecule has 9 rings (SSSR count). The van der Waals surface area contributed by atoms with Crippen LogP contribution in [0.25, 0.3) is 89.1 Å². The van der Waals surface area contributed by atoms with Gasteiger partial charge in [0.25, 0.3) is 0 Å². The fourth-order valence-corrected chi connectivity index (χ4v) is 5.85. The Balaban J connectivity index is 1.32. The highest BCUT2D eigenvalue weighted by molar-refractivity contribution is 6.15. The van der Waals surface area contributed by atoms with Crippen LogP contribution in [-0.4, -0.2) is 15.0 Å². The standard InChI is InChI=1S/C43H27N3O/c1-3-12-29(13-4-1)35-20-10-21-36-39-37(22-11-23-38(39)47-40(35)36)43-45-41(31-15-5-2-6-16-31)44-42(46-43)32-26-24-30(25-27-32)34-19-9-17-28-14-7-8-18-33(28)34/h1-27H/i1D,2D,5D,6D,10D,12D,13D,15D,16D,20D,22D. The first-order chi connectivity index (χ1) is 27.8. The fourth-order valence-electron chi connectivity index (χ4n) is 5.85. The minimum absolute atomic E-state index is 0.00433. The van der Waals surface area contributed by atoms with Crippen molar-refractivity contribution in [2.24, 2.45) is 0 Å². The lowest BCUT2D eigenvalue weighted by Crippen LogP contribution is -2.00. The van der Waals surface area contributed by atoms with E-state index in [1.54, 1.807) is 6.07 Å². The van der Waals surface area contributed by atoms with Gasteiger partial charge in [0.05, 0.1) is 15.1 Å². The van der Waals surface area contributed by atoms with Crippen molar-refractivity contribution in [3.63, 3.8) is 0 Å². The average molecular weight is 613 g/mol. The Bertz CT molecular complexity index is 3150. The Hall–Kier alpha value is -6.39. The highest BCUT2D eigenvalue weighted by Crippen LogP contribution is 2.40. The Labute approximate surface area is 287 Å². The van der Waals surface area contributed by atoms with E-state index in [0.29, 0.717) is 5.56 Å². The van der Waals surface area contributed by atoms with Crippen LogP contribution in [0.4, 0.5) is 0 Å². The molecule has 4 nitrogen and oxygen atoms in total. The summed E-state index contributed by atoms with van der Waals surface area (Å²) in [5, 5.41) is 2.70. The van der Waals surface area contributed by atoms with Crippen molar-refractivity contribution in [3.05, 3.63) is 164 Å². The normalized spacial score (nSPS) is 14.7. The van der Waals surface area contributed by atoms with Gasteiger partial charge in [-0.05, 0) is 33.5 Å². The van der Waals surface area contributed by atoms with Crippen molar-refractivity contribution < 1.29 is 19.5 Å². The zero-order valence-corrected chi connectivity index (χ0v) is 24.5. The van der Waals surface area contributed by atoms with Crippen molar-refractivity contribution >= 4 is 32.7 Å². The van der Waals surface area contributed by atoms with Crippen LogP contribution in [-0.2, 0) is 0 Å². The molecule has 0 saturated carbocycles. The van der Waals surface area contributed by atoms with Gasteiger partial charge in [0.1, 0.15) is 11.2 Å². The van der Waals surface area contributed by atoms with Gasteiger partial charge < -0.3 is 4.42 Å². The number of nitrogens with zero attached hydrogens (tertiary/aromatic N) is 3. The summed E-state index contributed by atoms with van der Waals surface area (Å²) in [6, 6.07) is 24.5. The third-order valence-electron chi connectivity index (χ3n) is 8.00. The SMILES string of the molecule is [2H]c1cc([2H])c(-c2c([2H])c([2H])cc3c2oc2ccc([2H])c(-c4nc(-c5ccc(-c6cccc7ccccc67)cc5)nc(-c5c([2H])c([2H])c([2H])c([2H])c5[2H])n4)c23)c([2H])c1. The van der Waals surface area contributed by atoms with Crippen LogP contribution in [0.15, 0.2) is 168 Å². The number of para-hydroxylation sites is 1. The Morgan fingerprint density at radius 3 is 2.02 bits per heavy atom. The molecule has 0 aliphatic rings. The van der Waals surface area contributed by atoms with Gasteiger partial charge in [0.15, 0.2) is 17.5 Å². The second-order valence-electron chi connectivity index (χ2n) is 10.8. The number of aromatic nitrogens is 3. The summed E-state index contributed by atoms with van der Waals surface area (Å²) in [6.07, 6.45) is 0. The largest absolute Gasteiger partial charge is 0.455 e. The summed E-state index contributed by atoms with van der Waals surface area (Å²) in [4.78, 5) is 14.2. The van der Waals surface area contributed by atoms with Crippen LogP contribution >= 0.6 is 0 Å². The maximum Gasteiger partial charge on any atom is 0.164 e. The molecule has 0 atom stereocenters. The Morgan fingerprint density at radius 2 is 1.17 bits per heavy atom. The lowest BCUT2D eigenvalue weighted by molar-refractivity contribution is 0.670. The van der Waals surface area contributed by atoms with Crippen molar-refractivity contribution in [2.45, 2.75) is 0 Å². The van der Waals surface area contributed by atoms with Gasteiger partial charge in [-0.2, -0.15) is 0 Å². The first kappa shape index (κ1) is 17.9. The molecule has 0 N–H and O–H groups in total. The number of hydrogen-bond acceptors (Lipinski definition) is 4. The lowest BCUT2D eigenvalue weighted by atomic mass is 9.97. The van der Waals surface area contributed by atoms with Gasteiger partial charge in [-0.25, -0.2) is 15.0 Å². The molecular weight excluding hydrogens is 574 g/mol. The van der Waals surface area contributed by atoms with Gasteiger partial charge in [-0.15, -0.1) is 0 Å². The molecule has 0 spiro atoms. The molecular formula is C43H27N3O. The van der Waals surface area contributed by atoms with Crippen molar-refractivity contribution in [3.8, 4) is 56.4 Å². The van der Waals surface area contributed by atoms with Crippen LogP contribution in [0.1, 0.15) is 15.1 Å². The maximum atomic E-state index is 9.16. The first-order valence-electron chi connectivity index (χ1n) is 20.3. The van der Waals surface area contributed by atoms with E-state index in [1.807, 2.05) is 66.7 Å². The predicted octanol–water partition coefficient (Wildman–Crippen LogP) is 11.3. The summed E-state index contributed by atoms with van der Waals surface area (Å²) in [7, 11) is 0. The van der Waals surface area contributed by atoms with E-state index in [4.69, 9.17) is 24.5 Å². The molecule has 47 heavy (non-hydrogen) atoms. The highest BCUT2D eigenvalue weighted by atomic mass is 16.3. The van der Waals surface area contributed by atoms with E-state index in [2.05, 4.69) is 9.97 Å². The molecule has 0 unspecified atom stereocenters. The summed E-state index contributed by atoms with van der Waals surface area (Å²) < 4.78 is 101. The van der Waals surface area contributed by atoms with E-state index in [9.17, 15) is 0 Å². The van der Waals surface area contributed by atoms with E-state index >= 15 is 0 Å². The van der Waals surface area contributed by atoms with E-state index in [-0.39, 0.29) is 97.9 Å². The lowest BCUT2D eigenvalue weighted by Gasteiger charge is -2.10. The smallest absolute Gasteiger partial charge is 0.164 e. The minimum atomic E-state index is -0.583. The molecule has 220 valence electrons. The zero-order valence-electron chi connectivity index (χ0n) is 35.5. The molecule has 0 amide bonds. The summed E-state index contributed by atoms with van der Waals surface area (Å²) in [5.74, 6) is -0.237. The van der Waals surface area contributed by atoms with Gasteiger partial charge in [-0.3, -0.25) is 0 Å². The molecule has 0 bridgehead atoms. The minimum Gasteiger partial charge on any atom is -0.455 e. The van der Waals surface area contributed by atoms with Crippen LogP contribution in [0.3, 0.4) is 0 Å². The number of hydrogen-bond donors (Lipinski definition) is 0. The molecule has 2 aromatic heterocycles. The van der Waals surface area contributed by atoms with Crippen LogP contribution < -0.4 is 0 Å². The molecule has 0 aliphatic heterocycles. The highest BCUT2D eigenvalue weighted by Gasteiger charge is 2.19. The molecule has 0 saturated heterocycles. The van der Waals surface area contributed by atoms with E-state index in [0.717, 1.165) is 21.9 Å². The van der Waals surface area contributed by atoms with Crippen molar-refractivity contribution in [1.82, 2.24) is 15.0 Å². The molecule has 2 heterocycles. The Morgan fingerprint density at radius 1 is 0.426 bits per heavy atom. The molecule has 7 aromatic carbocycles. The average Bonchev–Trinajstić information content (AvgIpc) is 3.57. The third-order valence-corrected chi connectivity index (χ3v) is 8.00. The van der Waals surface area contributed by atoms with Gasteiger partial charge in [0.2, 0.25) is 0 Å². The van der Waals surface area contributed by atoms with Crippen molar-refractivity contribution in [1.29, 1.82) is 0 Å². The van der Waals surface area contributed by atoms with Gasteiger partial charge in [0, 0.05) is 33.0 Å². The van der Waals surface area contributed by atoms with E-state index < -0.39 is 30.2 Å². The topological polar surface area (TPSA) is 51.8 Å². The van der Waals surface area contributed by atoms with Gasteiger partial charge in [-0.1, -0.05) is 157 Å². The first-order valence-corrected chi connectivity index (χ1v) is 14.8. The number of rotatable bonds is 5. The maximum absolute atomic E-state index is 9.16. The molecule has 0 fully saturated rings. The van der Waals surface area contributed by atoms with Crippen molar-refractivity contribution in [2.75, 3.05) is 0 Å². The number of benzene rings is 7. The third kappa shape index (κ3) is 4.75. The molecule has 0 aliphatic carbocycles. The summed E-state index contributed by atoms with van der Waals surface area (Å²) in [5.41, 5.74) is 2.59. The van der Waals surface area contributed by atoms with Crippen LogP contribution in [0.5, 0.6) is 0 Å². The monoisotopic (exact) mass is 612 g/mol. The second kappa shape index (κ2) is 11.2. The zero-order chi connectivity index (χ0) is 40.7. The number of furan rings is 1. The predicted molar refractivity (Wildman–Crippen MR) is 192 cm³/mol. The summed E-state index contributed by atoms with van der Waals surface area (Å²) >= 11 is 0. The van der Waals surface area contributed by atoms with Gasteiger partial charge >= 0.3 is 0 Å². The quantitative estimate of drug-likeness (QED) is 0.194. The summed E-state index contributed by atoms with van der Waals surface area (Å²) in [6.45, 7) is 0. The molecule has 0 radical (unpaired) electrons. The van der Waals surface area contributed by atoms with E-state index in [1.165, 1.54) is 24.3 Å². The number of fused-ring (bicyclic) bond motifs is 4. The molecule has 9 aromatic rings. The second-order valence-corrected chi connectivity index (χ2v) is 10.8. The molecule has 4 heteroatoms. The van der Waals surface area contributed by atoms with Crippen LogP contribution in [0.2, 0.25) is 0 Å². The van der Waals surface area contributed by atoms with Crippen LogP contribution in [0, 0.1) is 0 Å². The fraction of sp³-hybridized carbons (Fsp3) is 0.